The Bertz CT molecular complexity index is 545. The van der Waals surface area contributed by atoms with Gasteiger partial charge in [-0.3, -0.25) is 9.20 Å². The fourth-order valence-electron chi connectivity index (χ4n) is 1.67. The van der Waals surface area contributed by atoms with Crippen LogP contribution < -0.4 is 0 Å². The Kier molecular flexibility index (Phi) is 2.83. The van der Waals surface area contributed by atoms with Gasteiger partial charge in [-0.1, -0.05) is 6.07 Å². The molecule has 0 aliphatic rings. The van der Waals surface area contributed by atoms with Gasteiger partial charge in [-0.05, 0) is 32.9 Å². The number of hydrogen-bond acceptors (Lipinski definition) is 4. The maximum Gasteiger partial charge on any atom is 0.319 e. The second kappa shape index (κ2) is 4.16. The van der Waals surface area contributed by atoms with Crippen LogP contribution in [-0.2, 0) is 14.9 Å². The third kappa shape index (κ3) is 1.88. The molecule has 0 bridgehead atoms. The Hall–Kier alpha value is -1.91. The Labute approximate surface area is 99.4 Å². The second-order valence-electron chi connectivity index (χ2n) is 4.30. The lowest BCUT2D eigenvalue weighted by molar-refractivity contribution is -0.149. The summed E-state index contributed by atoms with van der Waals surface area (Å²) in [5, 5.41) is 8.12. The normalized spacial score (nSPS) is 11.7. The molecule has 0 atom stereocenters. The first-order chi connectivity index (χ1) is 8.07. The largest absolute Gasteiger partial charge is 0.465 e. The number of fused-ring (bicyclic) bond motifs is 1. The maximum absolute atomic E-state index is 11.9. The minimum absolute atomic E-state index is 0.293. The van der Waals surface area contributed by atoms with Gasteiger partial charge in [0.2, 0.25) is 0 Å². The van der Waals surface area contributed by atoms with Gasteiger partial charge in [0, 0.05) is 6.20 Å². The van der Waals surface area contributed by atoms with Gasteiger partial charge in [0.1, 0.15) is 5.41 Å². The first kappa shape index (κ1) is 11.6. The fourth-order valence-corrected chi connectivity index (χ4v) is 1.67. The zero-order valence-electron chi connectivity index (χ0n) is 10.2. The number of rotatable bonds is 3. The van der Waals surface area contributed by atoms with Crippen LogP contribution in [0, 0.1) is 0 Å². The van der Waals surface area contributed by atoms with Crippen LogP contribution in [-0.4, -0.2) is 27.2 Å². The maximum atomic E-state index is 11.9. The molecule has 0 saturated heterocycles. The molecule has 5 nitrogen and oxygen atoms in total. The summed E-state index contributed by atoms with van der Waals surface area (Å²) >= 11 is 0. The monoisotopic (exact) mass is 233 g/mol. The Morgan fingerprint density at radius 2 is 2.18 bits per heavy atom. The summed E-state index contributed by atoms with van der Waals surface area (Å²) in [5.74, 6) is 0.296. The lowest BCUT2D eigenvalue weighted by atomic mass is 9.92. The summed E-state index contributed by atoms with van der Waals surface area (Å²) in [6.45, 7) is 5.72. The summed E-state index contributed by atoms with van der Waals surface area (Å²) in [6, 6.07) is 5.60. The minimum Gasteiger partial charge on any atom is -0.465 e. The molecule has 17 heavy (non-hydrogen) atoms. The molecular formula is C12H15N3O2. The van der Waals surface area contributed by atoms with Crippen LogP contribution in [0.4, 0.5) is 0 Å². The summed E-state index contributed by atoms with van der Waals surface area (Å²) in [4.78, 5) is 11.9. The number of aromatic nitrogens is 3. The number of carbonyl (C=O) groups excluding carboxylic acids is 1. The molecule has 2 aromatic rings. The summed E-state index contributed by atoms with van der Waals surface area (Å²) < 4.78 is 6.86. The van der Waals surface area contributed by atoms with Crippen LogP contribution >= 0.6 is 0 Å². The molecule has 0 aliphatic carbocycles. The van der Waals surface area contributed by atoms with E-state index in [-0.39, 0.29) is 5.97 Å². The van der Waals surface area contributed by atoms with Crippen molar-refractivity contribution in [3.8, 4) is 0 Å². The lowest BCUT2D eigenvalue weighted by Gasteiger charge is -2.20. The quantitative estimate of drug-likeness (QED) is 0.755. The second-order valence-corrected chi connectivity index (χ2v) is 4.30. The average molecular weight is 233 g/mol. The molecule has 2 rings (SSSR count). The highest BCUT2D eigenvalue weighted by atomic mass is 16.5. The molecule has 90 valence electrons. The van der Waals surface area contributed by atoms with E-state index in [2.05, 4.69) is 10.2 Å². The van der Waals surface area contributed by atoms with Gasteiger partial charge in [0.25, 0.3) is 0 Å². The standard InChI is InChI=1S/C12H15N3O2/c1-4-17-11(16)12(2,3)10-14-13-9-7-5-6-8-15(9)10/h5-8H,4H2,1-3H3. The van der Waals surface area contributed by atoms with E-state index in [0.717, 1.165) is 5.65 Å². The zero-order valence-corrected chi connectivity index (χ0v) is 10.2. The van der Waals surface area contributed by atoms with Crippen molar-refractivity contribution >= 4 is 11.6 Å². The lowest BCUT2D eigenvalue weighted by Crippen LogP contribution is -2.33. The van der Waals surface area contributed by atoms with Gasteiger partial charge in [0.15, 0.2) is 11.5 Å². The number of esters is 1. The number of hydrogen-bond donors (Lipinski definition) is 0. The molecule has 2 aromatic heterocycles. The van der Waals surface area contributed by atoms with Crippen LogP contribution in [0.2, 0.25) is 0 Å². The highest BCUT2D eigenvalue weighted by Gasteiger charge is 2.36. The van der Waals surface area contributed by atoms with Gasteiger partial charge in [-0.2, -0.15) is 0 Å². The molecular weight excluding hydrogens is 218 g/mol. The Balaban J connectivity index is 2.48. The number of pyridine rings is 1. The van der Waals surface area contributed by atoms with E-state index in [9.17, 15) is 4.79 Å². The van der Waals surface area contributed by atoms with Crippen molar-refractivity contribution in [1.29, 1.82) is 0 Å². The molecule has 2 heterocycles. The van der Waals surface area contributed by atoms with E-state index >= 15 is 0 Å². The molecule has 0 fully saturated rings. The molecule has 0 spiro atoms. The molecule has 0 amide bonds. The molecule has 0 unspecified atom stereocenters. The van der Waals surface area contributed by atoms with Crippen LogP contribution in [0.5, 0.6) is 0 Å². The van der Waals surface area contributed by atoms with Gasteiger partial charge < -0.3 is 4.74 Å². The highest BCUT2D eigenvalue weighted by molar-refractivity contribution is 5.81. The number of ether oxygens (including phenoxy) is 1. The first-order valence-electron chi connectivity index (χ1n) is 5.55. The molecule has 0 aromatic carbocycles. The van der Waals surface area contributed by atoms with Gasteiger partial charge in [-0.15, -0.1) is 10.2 Å². The van der Waals surface area contributed by atoms with E-state index in [1.54, 1.807) is 25.2 Å². The van der Waals surface area contributed by atoms with Crippen molar-refractivity contribution in [3.05, 3.63) is 30.2 Å². The van der Waals surface area contributed by atoms with Crippen LogP contribution in [0.3, 0.4) is 0 Å². The summed E-state index contributed by atoms with van der Waals surface area (Å²) in [7, 11) is 0. The van der Waals surface area contributed by atoms with Gasteiger partial charge in [-0.25, -0.2) is 0 Å². The van der Waals surface area contributed by atoms with E-state index in [4.69, 9.17) is 4.74 Å². The van der Waals surface area contributed by atoms with E-state index in [1.165, 1.54) is 0 Å². The van der Waals surface area contributed by atoms with E-state index in [1.807, 2.05) is 24.4 Å². The van der Waals surface area contributed by atoms with Gasteiger partial charge in [0.05, 0.1) is 6.61 Å². The topological polar surface area (TPSA) is 56.5 Å². The molecule has 0 saturated carbocycles. The van der Waals surface area contributed by atoms with E-state index in [0.29, 0.717) is 12.4 Å². The zero-order chi connectivity index (χ0) is 12.5. The predicted molar refractivity (Wildman–Crippen MR) is 62.6 cm³/mol. The third-order valence-electron chi connectivity index (χ3n) is 2.66. The minimum atomic E-state index is -0.809. The first-order valence-corrected chi connectivity index (χ1v) is 5.55. The molecule has 5 heteroatoms. The summed E-state index contributed by atoms with van der Waals surface area (Å²) in [6.07, 6.45) is 1.84. The predicted octanol–water partition coefficient (Wildman–Crippen LogP) is 1.57. The van der Waals surface area contributed by atoms with Crippen molar-refractivity contribution < 1.29 is 9.53 Å². The van der Waals surface area contributed by atoms with Crippen LogP contribution in [0.15, 0.2) is 24.4 Å². The fraction of sp³-hybridized carbons (Fsp3) is 0.417. The third-order valence-corrected chi connectivity index (χ3v) is 2.66. The van der Waals surface area contributed by atoms with Crippen molar-refractivity contribution in [2.75, 3.05) is 6.61 Å². The number of carbonyl (C=O) groups is 1. The van der Waals surface area contributed by atoms with Crippen molar-refractivity contribution in [3.63, 3.8) is 0 Å². The van der Waals surface area contributed by atoms with Crippen molar-refractivity contribution in [1.82, 2.24) is 14.6 Å². The summed E-state index contributed by atoms with van der Waals surface area (Å²) in [5.41, 5.74) is -0.0866. The average Bonchev–Trinajstić information content (AvgIpc) is 2.73. The molecule has 0 radical (unpaired) electrons. The SMILES string of the molecule is CCOC(=O)C(C)(C)c1nnc2ccccn12. The van der Waals surface area contributed by atoms with Crippen molar-refractivity contribution in [2.45, 2.75) is 26.2 Å². The van der Waals surface area contributed by atoms with Gasteiger partial charge >= 0.3 is 5.97 Å². The van der Waals surface area contributed by atoms with E-state index < -0.39 is 5.41 Å². The smallest absolute Gasteiger partial charge is 0.319 e. The van der Waals surface area contributed by atoms with Crippen molar-refractivity contribution in [2.24, 2.45) is 0 Å². The molecule has 0 N–H and O–H groups in total. The van der Waals surface area contributed by atoms with Crippen LogP contribution in [0.1, 0.15) is 26.6 Å². The number of nitrogens with zero attached hydrogens (tertiary/aromatic N) is 3. The Morgan fingerprint density at radius 3 is 2.88 bits per heavy atom. The highest BCUT2D eigenvalue weighted by Crippen LogP contribution is 2.23. The Morgan fingerprint density at radius 1 is 1.41 bits per heavy atom. The molecule has 0 aliphatic heterocycles. The van der Waals surface area contributed by atoms with Crippen LogP contribution in [0.25, 0.3) is 5.65 Å².